The molecule has 104 valence electrons. The van der Waals surface area contributed by atoms with E-state index in [-0.39, 0.29) is 6.04 Å². The summed E-state index contributed by atoms with van der Waals surface area (Å²) in [6.45, 7) is 6.11. The third kappa shape index (κ3) is 2.53. The Labute approximate surface area is 118 Å². The molecule has 0 bridgehead atoms. The minimum Gasteiger partial charge on any atom is -0.361 e. The van der Waals surface area contributed by atoms with Crippen molar-refractivity contribution >= 4 is 16.9 Å². The molecule has 0 radical (unpaired) electrons. The highest BCUT2D eigenvalue weighted by Crippen LogP contribution is 2.35. The summed E-state index contributed by atoms with van der Waals surface area (Å²) in [6, 6.07) is 0.760. The molecule has 0 spiro atoms. The summed E-state index contributed by atoms with van der Waals surface area (Å²) in [4.78, 5) is 4.87. The lowest BCUT2D eigenvalue weighted by atomic mass is 10.1. The predicted molar refractivity (Wildman–Crippen MR) is 78.5 cm³/mol. The topological polar surface area (TPSA) is 50.4 Å². The van der Waals surface area contributed by atoms with Gasteiger partial charge in [0.1, 0.15) is 5.76 Å². The highest BCUT2D eigenvalue weighted by atomic mass is 32.2. The first-order valence-electron chi connectivity index (χ1n) is 7.05. The maximum absolute atomic E-state index is 5.24. The summed E-state index contributed by atoms with van der Waals surface area (Å²) in [5.41, 5.74) is 2.13. The fourth-order valence-corrected chi connectivity index (χ4v) is 4.43. The number of hydrogen-bond donors (Lipinski definition) is 1. The van der Waals surface area contributed by atoms with Crippen LogP contribution in [-0.4, -0.2) is 22.1 Å². The summed E-state index contributed by atoms with van der Waals surface area (Å²) in [6.07, 6.45) is 3.95. The Bertz CT molecular complexity index is 477. The van der Waals surface area contributed by atoms with E-state index in [2.05, 4.69) is 17.4 Å². The van der Waals surface area contributed by atoms with Crippen LogP contribution in [0.2, 0.25) is 0 Å². The molecule has 19 heavy (non-hydrogen) atoms. The molecule has 4 nitrogen and oxygen atoms in total. The van der Waals surface area contributed by atoms with Gasteiger partial charge in [0, 0.05) is 11.3 Å². The fraction of sp³-hybridized carbons (Fsp3) is 0.714. The predicted octanol–water partition coefficient (Wildman–Crippen LogP) is 3.21. The first-order chi connectivity index (χ1) is 9.15. The smallest absolute Gasteiger partial charge is 0.157 e. The van der Waals surface area contributed by atoms with E-state index in [0.29, 0.717) is 6.04 Å². The number of thioether (sulfide) groups is 1. The maximum Gasteiger partial charge on any atom is 0.157 e. The summed E-state index contributed by atoms with van der Waals surface area (Å²) >= 11 is 1.86. The van der Waals surface area contributed by atoms with Crippen molar-refractivity contribution in [1.29, 1.82) is 0 Å². The molecule has 1 aliphatic heterocycles. The van der Waals surface area contributed by atoms with E-state index < -0.39 is 0 Å². The van der Waals surface area contributed by atoms with Gasteiger partial charge in [-0.15, -0.1) is 0 Å². The number of nitrogens with one attached hydrogen (secondary N) is 1. The summed E-state index contributed by atoms with van der Waals surface area (Å²) < 4.78 is 5.24. The molecule has 1 aliphatic carbocycles. The van der Waals surface area contributed by atoms with Crippen LogP contribution in [0.25, 0.3) is 0 Å². The van der Waals surface area contributed by atoms with Crippen LogP contribution in [0.3, 0.4) is 0 Å². The minimum atomic E-state index is 0.204. The van der Waals surface area contributed by atoms with Crippen LogP contribution in [0.1, 0.15) is 49.2 Å². The largest absolute Gasteiger partial charge is 0.361 e. The number of aromatic nitrogens is 1. The van der Waals surface area contributed by atoms with Gasteiger partial charge in [-0.2, -0.15) is 0 Å². The number of aliphatic imine (C=N–C) groups is 1. The van der Waals surface area contributed by atoms with E-state index in [1.165, 1.54) is 25.0 Å². The molecule has 1 saturated carbocycles. The molecule has 0 amide bonds. The Kier molecular flexibility index (Phi) is 3.56. The summed E-state index contributed by atoms with van der Waals surface area (Å²) in [5, 5.41) is 8.64. The second-order valence-electron chi connectivity index (χ2n) is 5.61. The third-order valence-electron chi connectivity index (χ3n) is 4.20. The van der Waals surface area contributed by atoms with E-state index in [0.717, 1.165) is 28.1 Å². The Hall–Kier alpha value is -0.970. The van der Waals surface area contributed by atoms with Crippen LogP contribution >= 0.6 is 11.8 Å². The summed E-state index contributed by atoms with van der Waals surface area (Å²) in [5.74, 6) is 2.92. The van der Waals surface area contributed by atoms with Gasteiger partial charge in [-0.25, -0.2) is 0 Å². The van der Waals surface area contributed by atoms with Gasteiger partial charge in [0.25, 0.3) is 0 Å². The molecule has 1 fully saturated rings. The lowest BCUT2D eigenvalue weighted by molar-refractivity contribution is 0.391. The van der Waals surface area contributed by atoms with Crippen LogP contribution in [0.5, 0.6) is 0 Å². The van der Waals surface area contributed by atoms with Crippen molar-refractivity contribution < 1.29 is 4.52 Å². The van der Waals surface area contributed by atoms with E-state index in [1.54, 1.807) is 0 Å². The van der Waals surface area contributed by atoms with Crippen molar-refractivity contribution in [3.05, 3.63) is 17.0 Å². The van der Waals surface area contributed by atoms with Gasteiger partial charge in [0.05, 0.1) is 17.8 Å². The average molecular weight is 279 g/mol. The van der Waals surface area contributed by atoms with Crippen LogP contribution in [0.4, 0.5) is 0 Å². The highest BCUT2D eigenvalue weighted by Gasteiger charge is 2.31. The number of aryl methyl sites for hydroxylation is 2. The molecule has 1 N–H and O–H groups in total. The van der Waals surface area contributed by atoms with Gasteiger partial charge in [0.2, 0.25) is 0 Å². The first-order valence-corrected chi connectivity index (χ1v) is 8.03. The van der Waals surface area contributed by atoms with E-state index >= 15 is 0 Å². The molecule has 3 atom stereocenters. The van der Waals surface area contributed by atoms with Gasteiger partial charge < -0.3 is 9.84 Å². The molecule has 1 aromatic heterocycles. The van der Waals surface area contributed by atoms with E-state index in [4.69, 9.17) is 9.52 Å². The monoisotopic (exact) mass is 279 g/mol. The van der Waals surface area contributed by atoms with Crippen LogP contribution < -0.4 is 5.32 Å². The molecule has 2 aliphatic rings. The van der Waals surface area contributed by atoms with E-state index in [9.17, 15) is 0 Å². The zero-order chi connectivity index (χ0) is 13.4. The maximum atomic E-state index is 5.24. The summed E-state index contributed by atoms with van der Waals surface area (Å²) in [7, 11) is 0. The normalized spacial score (nSPS) is 27.8. The Balaban J connectivity index is 1.71. The van der Waals surface area contributed by atoms with Crippen molar-refractivity contribution in [3.63, 3.8) is 0 Å². The van der Waals surface area contributed by atoms with Crippen molar-refractivity contribution in [2.45, 2.75) is 52.1 Å². The van der Waals surface area contributed by atoms with Crippen molar-refractivity contribution in [2.75, 3.05) is 5.75 Å². The number of fused-ring (bicyclic) bond motifs is 1. The molecule has 5 heteroatoms. The Morgan fingerprint density at radius 3 is 2.95 bits per heavy atom. The van der Waals surface area contributed by atoms with Crippen LogP contribution in [0.15, 0.2) is 9.52 Å². The SMILES string of the molecule is Cc1noc(C)c1C(C)NC1=NC2CCCC2CS1. The second-order valence-corrected chi connectivity index (χ2v) is 6.62. The zero-order valence-corrected chi connectivity index (χ0v) is 12.6. The molecule has 1 aromatic rings. The Morgan fingerprint density at radius 1 is 1.37 bits per heavy atom. The van der Waals surface area contributed by atoms with Gasteiger partial charge >= 0.3 is 0 Å². The number of hydrogen-bond acceptors (Lipinski definition) is 5. The van der Waals surface area contributed by atoms with Gasteiger partial charge in [0.15, 0.2) is 5.17 Å². The molecule has 3 unspecified atom stereocenters. The Morgan fingerprint density at radius 2 is 2.21 bits per heavy atom. The standard InChI is InChI=1S/C14H21N3OS/c1-8(13-9(2)17-18-10(13)3)15-14-16-12-6-4-5-11(12)7-19-14/h8,11-12H,4-7H2,1-3H3,(H,15,16). The molecular formula is C14H21N3OS. The number of nitrogens with zero attached hydrogens (tertiary/aromatic N) is 2. The number of amidine groups is 1. The van der Waals surface area contributed by atoms with Gasteiger partial charge in [-0.3, -0.25) is 4.99 Å². The fourth-order valence-electron chi connectivity index (χ4n) is 3.20. The van der Waals surface area contributed by atoms with Crippen LogP contribution in [0, 0.1) is 19.8 Å². The molecular weight excluding hydrogens is 258 g/mol. The highest BCUT2D eigenvalue weighted by molar-refractivity contribution is 8.13. The molecule has 0 aromatic carbocycles. The third-order valence-corrected chi connectivity index (χ3v) is 5.29. The minimum absolute atomic E-state index is 0.204. The zero-order valence-electron chi connectivity index (χ0n) is 11.8. The lowest BCUT2D eigenvalue weighted by Gasteiger charge is -2.25. The lowest BCUT2D eigenvalue weighted by Crippen LogP contribution is -2.32. The second kappa shape index (κ2) is 5.19. The van der Waals surface area contributed by atoms with Crippen molar-refractivity contribution in [3.8, 4) is 0 Å². The molecule has 0 saturated heterocycles. The van der Waals surface area contributed by atoms with Gasteiger partial charge in [-0.1, -0.05) is 23.3 Å². The van der Waals surface area contributed by atoms with Crippen molar-refractivity contribution in [1.82, 2.24) is 10.5 Å². The van der Waals surface area contributed by atoms with Gasteiger partial charge in [-0.05, 0) is 39.5 Å². The average Bonchev–Trinajstić information content (AvgIpc) is 2.95. The van der Waals surface area contributed by atoms with Crippen molar-refractivity contribution in [2.24, 2.45) is 10.9 Å². The van der Waals surface area contributed by atoms with Crippen LogP contribution in [-0.2, 0) is 0 Å². The molecule has 2 heterocycles. The quantitative estimate of drug-likeness (QED) is 0.903. The van der Waals surface area contributed by atoms with E-state index in [1.807, 2.05) is 25.6 Å². The first kappa shape index (κ1) is 13.0. The molecule has 3 rings (SSSR count). The number of rotatable bonds is 2.